The second kappa shape index (κ2) is 7.94. The zero-order valence-electron chi connectivity index (χ0n) is 13.3. The molecule has 5 heteroatoms. The minimum Gasteiger partial charge on any atom is -0.354 e. The van der Waals surface area contributed by atoms with Crippen LogP contribution < -0.4 is 10.6 Å². The molecule has 0 spiro atoms. The number of nitrogens with one attached hydrogen (secondary N) is 2. The van der Waals surface area contributed by atoms with Gasteiger partial charge < -0.3 is 10.6 Å². The van der Waals surface area contributed by atoms with Crippen molar-refractivity contribution in [1.82, 2.24) is 15.5 Å². The molecule has 1 fully saturated rings. The summed E-state index contributed by atoms with van der Waals surface area (Å²) >= 11 is 0. The van der Waals surface area contributed by atoms with Gasteiger partial charge in [-0.05, 0) is 18.9 Å². The Bertz CT molecular complexity index is 504. The van der Waals surface area contributed by atoms with E-state index in [1.165, 1.54) is 0 Å². The molecular formula is C17H25N3O2. The Kier molecular flexibility index (Phi) is 5.95. The third kappa shape index (κ3) is 4.31. The van der Waals surface area contributed by atoms with Crippen LogP contribution in [0, 0.1) is 0 Å². The van der Waals surface area contributed by atoms with E-state index in [0.29, 0.717) is 19.6 Å². The summed E-state index contributed by atoms with van der Waals surface area (Å²) in [6.07, 6.45) is 1.91. The van der Waals surface area contributed by atoms with E-state index in [9.17, 15) is 9.59 Å². The summed E-state index contributed by atoms with van der Waals surface area (Å²) in [6, 6.07) is 9.77. The second-order valence-electron chi connectivity index (χ2n) is 5.76. The van der Waals surface area contributed by atoms with Gasteiger partial charge in [-0.15, -0.1) is 0 Å². The summed E-state index contributed by atoms with van der Waals surface area (Å²) in [7, 11) is 0. The maximum absolute atomic E-state index is 12.5. The summed E-state index contributed by atoms with van der Waals surface area (Å²) in [6.45, 7) is 5.58. The van der Waals surface area contributed by atoms with E-state index >= 15 is 0 Å². The van der Waals surface area contributed by atoms with Gasteiger partial charge in [0.1, 0.15) is 0 Å². The van der Waals surface area contributed by atoms with E-state index in [4.69, 9.17) is 0 Å². The van der Waals surface area contributed by atoms with Crippen LogP contribution in [0.1, 0.15) is 38.3 Å². The van der Waals surface area contributed by atoms with Crippen LogP contribution in [0.3, 0.4) is 0 Å². The molecule has 1 aliphatic heterocycles. The molecule has 1 saturated heterocycles. The van der Waals surface area contributed by atoms with Crippen molar-refractivity contribution in [3.05, 3.63) is 35.9 Å². The Labute approximate surface area is 132 Å². The van der Waals surface area contributed by atoms with Gasteiger partial charge in [-0.1, -0.05) is 43.7 Å². The van der Waals surface area contributed by atoms with Gasteiger partial charge in [-0.25, -0.2) is 0 Å². The Morgan fingerprint density at radius 1 is 1.36 bits per heavy atom. The van der Waals surface area contributed by atoms with Gasteiger partial charge in [-0.2, -0.15) is 0 Å². The van der Waals surface area contributed by atoms with Gasteiger partial charge >= 0.3 is 0 Å². The number of piperazine rings is 1. The van der Waals surface area contributed by atoms with Crippen LogP contribution >= 0.6 is 0 Å². The third-order valence-electron chi connectivity index (χ3n) is 4.09. The first-order chi connectivity index (χ1) is 10.6. The number of nitrogens with zero attached hydrogens (tertiary/aromatic N) is 1. The van der Waals surface area contributed by atoms with E-state index in [-0.39, 0.29) is 23.9 Å². The van der Waals surface area contributed by atoms with Gasteiger partial charge in [0.2, 0.25) is 11.8 Å². The minimum absolute atomic E-state index is 0.0148. The zero-order chi connectivity index (χ0) is 15.9. The van der Waals surface area contributed by atoms with Crippen molar-refractivity contribution < 1.29 is 9.59 Å². The maximum Gasteiger partial charge on any atom is 0.237 e. The van der Waals surface area contributed by atoms with E-state index in [1.54, 1.807) is 0 Å². The summed E-state index contributed by atoms with van der Waals surface area (Å²) in [5.74, 6) is -0.0314. The molecule has 2 unspecified atom stereocenters. The smallest absolute Gasteiger partial charge is 0.237 e. The highest BCUT2D eigenvalue weighted by Crippen LogP contribution is 2.18. The van der Waals surface area contributed by atoms with Crippen molar-refractivity contribution in [2.24, 2.45) is 0 Å². The molecular weight excluding hydrogens is 278 g/mol. The van der Waals surface area contributed by atoms with Crippen LogP contribution in [0.2, 0.25) is 0 Å². The molecule has 2 N–H and O–H groups in total. The van der Waals surface area contributed by atoms with E-state index in [2.05, 4.69) is 17.6 Å². The standard InChI is InChI=1S/C17H25N3O2/c1-3-7-15(14-8-5-4-6-9-14)19-17(22)13(2)20-11-10-18-16(21)12-20/h4-6,8-9,13,15H,3,7,10-12H2,1-2H3,(H,18,21)(H,19,22). The lowest BCUT2D eigenvalue weighted by atomic mass is 10.0. The summed E-state index contributed by atoms with van der Waals surface area (Å²) in [5, 5.41) is 5.91. The van der Waals surface area contributed by atoms with Crippen molar-refractivity contribution in [3.8, 4) is 0 Å². The fraction of sp³-hybridized carbons (Fsp3) is 0.529. The maximum atomic E-state index is 12.5. The van der Waals surface area contributed by atoms with Gasteiger partial charge in [0.15, 0.2) is 0 Å². The average Bonchev–Trinajstić information content (AvgIpc) is 2.54. The van der Waals surface area contributed by atoms with Gasteiger partial charge in [0.25, 0.3) is 0 Å². The Balaban J connectivity index is 1.99. The molecule has 2 atom stereocenters. The first-order valence-corrected chi connectivity index (χ1v) is 7.98. The second-order valence-corrected chi connectivity index (χ2v) is 5.76. The average molecular weight is 303 g/mol. The largest absolute Gasteiger partial charge is 0.354 e. The van der Waals surface area contributed by atoms with Crippen LogP contribution in [-0.4, -0.2) is 42.4 Å². The van der Waals surface area contributed by atoms with E-state index < -0.39 is 0 Å². The number of rotatable bonds is 6. The third-order valence-corrected chi connectivity index (χ3v) is 4.09. The first kappa shape index (κ1) is 16.5. The molecule has 0 saturated carbocycles. The Morgan fingerprint density at radius 3 is 2.73 bits per heavy atom. The number of benzene rings is 1. The normalized spacial score (nSPS) is 18.4. The van der Waals surface area contributed by atoms with Crippen molar-refractivity contribution in [3.63, 3.8) is 0 Å². The molecule has 22 heavy (non-hydrogen) atoms. The predicted molar refractivity (Wildman–Crippen MR) is 86.3 cm³/mol. The summed E-state index contributed by atoms with van der Waals surface area (Å²) in [4.78, 5) is 25.9. The molecule has 0 aromatic heterocycles. The number of hydrogen-bond acceptors (Lipinski definition) is 3. The van der Waals surface area contributed by atoms with Gasteiger partial charge in [-0.3, -0.25) is 14.5 Å². The van der Waals surface area contributed by atoms with Crippen LogP contribution in [-0.2, 0) is 9.59 Å². The first-order valence-electron chi connectivity index (χ1n) is 7.98. The van der Waals surface area contributed by atoms with E-state index in [0.717, 1.165) is 18.4 Å². The molecule has 5 nitrogen and oxygen atoms in total. The van der Waals surface area contributed by atoms with Crippen molar-refractivity contribution >= 4 is 11.8 Å². The predicted octanol–water partition coefficient (Wildman–Crippen LogP) is 1.46. The molecule has 2 rings (SSSR count). The van der Waals surface area contributed by atoms with Crippen molar-refractivity contribution in [2.45, 2.75) is 38.8 Å². The Hall–Kier alpha value is -1.88. The molecule has 120 valence electrons. The number of carbonyl (C=O) groups is 2. The molecule has 2 amide bonds. The molecule has 0 radical (unpaired) electrons. The fourth-order valence-corrected chi connectivity index (χ4v) is 2.74. The molecule has 1 aliphatic rings. The van der Waals surface area contributed by atoms with Crippen LogP contribution in [0.5, 0.6) is 0 Å². The Morgan fingerprint density at radius 2 is 2.09 bits per heavy atom. The van der Waals surface area contributed by atoms with Gasteiger partial charge in [0.05, 0.1) is 18.6 Å². The monoisotopic (exact) mass is 303 g/mol. The highest BCUT2D eigenvalue weighted by Gasteiger charge is 2.27. The molecule has 1 heterocycles. The SMILES string of the molecule is CCCC(NC(=O)C(C)N1CCNC(=O)C1)c1ccccc1. The zero-order valence-corrected chi connectivity index (χ0v) is 13.3. The lowest BCUT2D eigenvalue weighted by Crippen LogP contribution is -2.55. The molecule has 1 aromatic rings. The quantitative estimate of drug-likeness (QED) is 0.836. The van der Waals surface area contributed by atoms with Gasteiger partial charge in [0, 0.05) is 13.1 Å². The number of hydrogen-bond donors (Lipinski definition) is 2. The summed E-state index contributed by atoms with van der Waals surface area (Å²) in [5.41, 5.74) is 1.13. The molecule has 0 aliphatic carbocycles. The van der Waals surface area contributed by atoms with Crippen LogP contribution in [0.15, 0.2) is 30.3 Å². The van der Waals surface area contributed by atoms with Crippen LogP contribution in [0.4, 0.5) is 0 Å². The summed E-state index contributed by atoms with van der Waals surface area (Å²) < 4.78 is 0. The lowest BCUT2D eigenvalue weighted by molar-refractivity contribution is -0.130. The van der Waals surface area contributed by atoms with E-state index in [1.807, 2.05) is 42.2 Å². The number of carbonyl (C=O) groups excluding carboxylic acids is 2. The highest BCUT2D eigenvalue weighted by atomic mass is 16.2. The highest BCUT2D eigenvalue weighted by molar-refractivity contribution is 5.84. The fourth-order valence-electron chi connectivity index (χ4n) is 2.74. The lowest BCUT2D eigenvalue weighted by Gasteiger charge is -2.32. The molecule has 0 bridgehead atoms. The number of amides is 2. The van der Waals surface area contributed by atoms with Crippen molar-refractivity contribution in [1.29, 1.82) is 0 Å². The van der Waals surface area contributed by atoms with Crippen molar-refractivity contribution in [2.75, 3.05) is 19.6 Å². The van der Waals surface area contributed by atoms with Crippen LogP contribution in [0.25, 0.3) is 0 Å². The topological polar surface area (TPSA) is 61.4 Å². The minimum atomic E-state index is -0.297. The molecule has 1 aromatic carbocycles.